The van der Waals surface area contributed by atoms with E-state index in [1.165, 1.54) is 0 Å². The van der Waals surface area contributed by atoms with Gasteiger partial charge < -0.3 is 13.9 Å². The summed E-state index contributed by atoms with van der Waals surface area (Å²) in [5.41, 5.74) is 2.69. The highest BCUT2D eigenvalue weighted by molar-refractivity contribution is 6.74. The highest BCUT2D eigenvalue weighted by atomic mass is 28.4. The van der Waals surface area contributed by atoms with Crippen LogP contribution in [0.1, 0.15) is 44.8 Å². The van der Waals surface area contributed by atoms with Crippen LogP contribution in [-0.2, 0) is 4.43 Å². The fourth-order valence-electron chi connectivity index (χ4n) is 2.20. The van der Waals surface area contributed by atoms with Gasteiger partial charge in [-0.25, -0.2) is 4.98 Å². The van der Waals surface area contributed by atoms with Crippen molar-refractivity contribution in [3.8, 4) is 0 Å². The second kappa shape index (κ2) is 6.14. The molecule has 1 atom stereocenters. The first-order chi connectivity index (χ1) is 10.1. The summed E-state index contributed by atoms with van der Waals surface area (Å²) < 4.78 is 12.0. The molecule has 1 heterocycles. The Balaban J connectivity index is 2.33. The molecule has 0 bridgehead atoms. The van der Waals surface area contributed by atoms with Crippen LogP contribution in [-0.4, -0.2) is 25.0 Å². The van der Waals surface area contributed by atoms with Crippen LogP contribution in [0.4, 0.5) is 0 Å². The summed E-state index contributed by atoms with van der Waals surface area (Å²) >= 11 is 0. The molecule has 2 aromatic rings. The van der Waals surface area contributed by atoms with Crippen LogP contribution in [0.15, 0.2) is 22.6 Å². The summed E-state index contributed by atoms with van der Waals surface area (Å²) in [7, 11) is -1.91. The molecule has 0 fully saturated rings. The first-order valence-corrected chi connectivity index (χ1v) is 10.7. The maximum absolute atomic E-state index is 9.42. The predicted octanol–water partition coefficient (Wildman–Crippen LogP) is 4.58. The highest BCUT2D eigenvalue weighted by Gasteiger charge is 2.39. The monoisotopic (exact) mass is 321 g/mol. The number of aliphatic hydroxyl groups is 1. The first-order valence-electron chi connectivity index (χ1n) is 7.80. The molecule has 0 saturated carbocycles. The van der Waals surface area contributed by atoms with Gasteiger partial charge in [-0.1, -0.05) is 26.8 Å². The van der Waals surface area contributed by atoms with Crippen LogP contribution in [0, 0.1) is 6.92 Å². The molecule has 1 aromatic heterocycles. The maximum atomic E-state index is 9.42. The fourth-order valence-corrected chi connectivity index (χ4v) is 3.52. The van der Waals surface area contributed by atoms with Gasteiger partial charge in [0.1, 0.15) is 5.52 Å². The van der Waals surface area contributed by atoms with Gasteiger partial charge in [-0.15, -0.1) is 0 Å². The molecular formula is C17H27NO3Si. The van der Waals surface area contributed by atoms with Crippen molar-refractivity contribution in [3.05, 3.63) is 29.7 Å². The van der Waals surface area contributed by atoms with Crippen molar-refractivity contribution >= 4 is 19.4 Å². The van der Waals surface area contributed by atoms with Crippen molar-refractivity contribution in [3.63, 3.8) is 0 Å². The van der Waals surface area contributed by atoms with Crippen LogP contribution >= 0.6 is 0 Å². The van der Waals surface area contributed by atoms with E-state index >= 15 is 0 Å². The number of benzene rings is 1. The molecule has 0 amide bonds. The van der Waals surface area contributed by atoms with E-state index in [-0.39, 0.29) is 17.7 Å². The minimum absolute atomic E-state index is 0.104. The lowest BCUT2D eigenvalue weighted by Gasteiger charge is -2.39. The molecule has 4 nitrogen and oxygen atoms in total. The SMILES string of the molecule is Cc1nc2cc(C(CCO)O[Si](C)(C)C(C)(C)C)ccc2o1. The van der Waals surface area contributed by atoms with Crippen LogP contribution in [0.2, 0.25) is 18.1 Å². The van der Waals surface area contributed by atoms with Crippen LogP contribution < -0.4 is 0 Å². The second-order valence-corrected chi connectivity index (χ2v) is 12.1. The largest absolute Gasteiger partial charge is 0.441 e. The van der Waals surface area contributed by atoms with Crippen molar-refractivity contribution in [1.82, 2.24) is 4.98 Å². The Morgan fingerprint density at radius 3 is 2.59 bits per heavy atom. The molecule has 0 aliphatic rings. The molecule has 0 aliphatic heterocycles. The average Bonchev–Trinajstić information content (AvgIpc) is 2.75. The van der Waals surface area contributed by atoms with Crippen LogP contribution in [0.25, 0.3) is 11.1 Å². The Labute approximate surface area is 133 Å². The summed E-state index contributed by atoms with van der Waals surface area (Å²) in [6, 6.07) is 5.96. The minimum atomic E-state index is -1.91. The molecule has 5 heteroatoms. The van der Waals surface area contributed by atoms with E-state index in [4.69, 9.17) is 8.84 Å². The van der Waals surface area contributed by atoms with E-state index < -0.39 is 8.32 Å². The maximum Gasteiger partial charge on any atom is 0.192 e. The predicted molar refractivity (Wildman–Crippen MR) is 91.5 cm³/mol. The number of hydrogen-bond acceptors (Lipinski definition) is 4. The Kier molecular flexibility index (Phi) is 4.80. The van der Waals surface area contributed by atoms with Gasteiger partial charge in [0, 0.05) is 13.5 Å². The van der Waals surface area contributed by atoms with Gasteiger partial charge in [-0.3, -0.25) is 0 Å². The summed E-state index contributed by atoms with van der Waals surface area (Å²) in [6.07, 6.45) is 0.488. The van der Waals surface area contributed by atoms with Crippen molar-refractivity contribution in [2.45, 2.75) is 58.4 Å². The summed E-state index contributed by atoms with van der Waals surface area (Å²) in [5.74, 6) is 0.663. The molecule has 1 aromatic carbocycles. The molecule has 22 heavy (non-hydrogen) atoms. The lowest BCUT2D eigenvalue weighted by Crippen LogP contribution is -2.42. The van der Waals surface area contributed by atoms with E-state index in [9.17, 15) is 5.11 Å². The molecule has 0 saturated heterocycles. The zero-order valence-corrected chi connectivity index (χ0v) is 15.4. The standard InChI is InChI=1S/C17H27NO3Si/c1-12-18-14-11-13(7-8-16(14)20-12)15(9-10-19)21-22(5,6)17(2,3)4/h7-8,11,15,19H,9-10H2,1-6H3. The zero-order valence-electron chi connectivity index (χ0n) is 14.4. The number of aliphatic hydroxyl groups excluding tert-OH is 1. The molecule has 1 N–H and O–H groups in total. The molecule has 1 unspecified atom stereocenters. The molecular weight excluding hydrogens is 294 g/mol. The molecule has 0 aliphatic carbocycles. The molecule has 2 rings (SSSR count). The Hall–Kier alpha value is -1.17. The quantitative estimate of drug-likeness (QED) is 0.819. The highest BCUT2D eigenvalue weighted by Crippen LogP contribution is 2.40. The Bertz CT molecular complexity index is 643. The van der Waals surface area contributed by atoms with E-state index in [0.717, 1.165) is 16.7 Å². The number of rotatable bonds is 5. The summed E-state index contributed by atoms with van der Waals surface area (Å²) in [6.45, 7) is 13.1. The first kappa shape index (κ1) is 17.2. The van der Waals surface area contributed by atoms with Gasteiger partial charge in [0.15, 0.2) is 19.8 Å². The number of oxazole rings is 1. The van der Waals surface area contributed by atoms with E-state index in [1.54, 1.807) is 0 Å². The number of aryl methyl sites for hydroxylation is 1. The Morgan fingerprint density at radius 2 is 2.00 bits per heavy atom. The molecule has 0 radical (unpaired) electrons. The lowest BCUT2D eigenvalue weighted by atomic mass is 10.1. The van der Waals surface area contributed by atoms with Crippen molar-refractivity contribution in [2.24, 2.45) is 0 Å². The third kappa shape index (κ3) is 3.59. The van der Waals surface area contributed by atoms with Gasteiger partial charge in [-0.05, 0) is 42.2 Å². The lowest BCUT2D eigenvalue weighted by molar-refractivity contribution is 0.141. The number of aromatic nitrogens is 1. The van der Waals surface area contributed by atoms with Crippen LogP contribution in [0.3, 0.4) is 0 Å². The Morgan fingerprint density at radius 1 is 1.32 bits per heavy atom. The summed E-state index contributed by atoms with van der Waals surface area (Å²) in [4.78, 5) is 4.39. The van der Waals surface area contributed by atoms with E-state index in [0.29, 0.717) is 12.3 Å². The smallest absolute Gasteiger partial charge is 0.192 e. The number of fused-ring (bicyclic) bond motifs is 1. The normalized spacial score (nSPS) is 14.5. The van der Waals surface area contributed by atoms with E-state index in [2.05, 4.69) is 38.8 Å². The molecule has 122 valence electrons. The van der Waals surface area contributed by atoms with Gasteiger partial charge in [0.25, 0.3) is 0 Å². The van der Waals surface area contributed by atoms with Gasteiger partial charge in [0.05, 0.1) is 6.10 Å². The zero-order chi connectivity index (χ0) is 16.5. The number of hydrogen-bond donors (Lipinski definition) is 1. The van der Waals surface area contributed by atoms with Crippen molar-refractivity contribution in [1.29, 1.82) is 0 Å². The van der Waals surface area contributed by atoms with E-state index in [1.807, 2.05) is 25.1 Å². The van der Waals surface area contributed by atoms with Gasteiger partial charge >= 0.3 is 0 Å². The fraction of sp³-hybridized carbons (Fsp3) is 0.588. The molecule has 0 spiro atoms. The van der Waals surface area contributed by atoms with Gasteiger partial charge in [-0.2, -0.15) is 0 Å². The van der Waals surface area contributed by atoms with Crippen molar-refractivity contribution in [2.75, 3.05) is 6.61 Å². The second-order valence-electron chi connectivity index (χ2n) is 7.34. The number of nitrogens with zero attached hydrogens (tertiary/aromatic N) is 1. The minimum Gasteiger partial charge on any atom is -0.441 e. The topological polar surface area (TPSA) is 55.5 Å². The average molecular weight is 321 g/mol. The van der Waals surface area contributed by atoms with Crippen LogP contribution in [0.5, 0.6) is 0 Å². The third-order valence-corrected chi connectivity index (χ3v) is 9.01. The van der Waals surface area contributed by atoms with Crippen molar-refractivity contribution < 1.29 is 13.9 Å². The summed E-state index contributed by atoms with van der Waals surface area (Å²) in [5, 5.41) is 9.55. The third-order valence-electron chi connectivity index (χ3n) is 4.52. The van der Waals surface area contributed by atoms with Gasteiger partial charge in [0.2, 0.25) is 0 Å².